The van der Waals surface area contributed by atoms with Crippen LogP contribution in [-0.4, -0.2) is 45.2 Å². The van der Waals surface area contributed by atoms with Gasteiger partial charge in [0.2, 0.25) is 11.9 Å². The Hall–Kier alpha value is -3.68. The Morgan fingerprint density at radius 2 is 2.03 bits per heavy atom. The molecule has 158 valence electrons. The van der Waals surface area contributed by atoms with E-state index in [0.29, 0.717) is 24.0 Å². The van der Waals surface area contributed by atoms with Gasteiger partial charge in [-0.15, -0.1) is 5.10 Å². The van der Waals surface area contributed by atoms with Crippen LogP contribution in [0.15, 0.2) is 42.5 Å². The zero-order valence-electron chi connectivity index (χ0n) is 17.6. The summed E-state index contributed by atoms with van der Waals surface area (Å²) in [5.74, 6) is 1.82. The molecule has 0 bridgehead atoms. The minimum absolute atomic E-state index is 0.00933. The first kappa shape index (κ1) is 19.3. The van der Waals surface area contributed by atoms with E-state index in [2.05, 4.69) is 10.6 Å². The number of aromatic nitrogens is 4. The fraction of sp³-hybridized carbons (Fsp3) is 0.304. The van der Waals surface area contributed by atoms with Gasteiger partial charge in [0.1, 0.15) is 11.8 Å². The molecule has 2 N–H and O–H groups in total. The molecule has 2 aromatic carbocycles. The van der Waals surface area contributed by atoms with Crippen molar-refractivity contribution in [1.29, 1.82) is 0 Å². The predicted molar refractivity (Wildman–Crippen MR) is 119 cm³/mol. The molecule has 0 saturated carbocycles. The Morgan fingerprint density at radius 3 is 2.90 bits per heavy atom. The third-order valence-electron chi connectivity index (χ3n) is 5.68. The zero-order valence-corrected chi connectivity index (χ0v) is 17.6. The number of carbonyl (C=O) groups excluding carboxylic acids is 1. The van der Waals surface area contributed by atoms with E-state index >= 15 is 0 Å². The molecule has 1 saturated heterocycles. The smallest absolute Gasteiger partial charge is 0.242 e. The maximum absolute atomic E-state index is 12.5. The Bertz CT molecular complexity index is 1280. The number of aryl methyl sites for hydroxylation is 1. The van der Waals surface area contributed by atoms with Crippen molar-refractivity contribution < 1.29 is 9.53 Å². The SMILES string of the molecule is COc1cccc(-c2nc3c4c(C)cccc4nc(N[C@@H]4CCCCNC4=O)n3n2)c1. The van der Waals surface area contributed by atoms with Gasteiger partial charge in [0.15, 0.2) is 11.5 Å². The van der Waals surface area contributed by atoms with E-state index < -0.39 is 0 Å². The molecule has 3 heterocycles. The molecule has 31 heavy (non-hydrogen) atoms. The maximum atomic E-state index is 12.5. The van der Waals surface area contributed by atoms with E-state index in [1.165, 1.54) is 0 Å². The summed E-state index contributed by atoms with van der Waals surface area (Å²) in [5, 5.41) is 12.0. The van der Waals surface area contributed by atoms with E-state index in [9.17, 15) is 4.79 Å². The first-order valence-electron chi connectivity index (χ1n) is 10.5. The van der Waals surface area contributed by atoms with E-state index in [4.69, 9.17) is 19.8 Å². The Balaban J connectivity index is 1.68. The van der Waals surface area contributed by atoms with Gasteiger partial charge < -0.3 is 15.4 Å². The molecule has 0 aliphatic carbocycles. The number of fused-ring (bicyclic) bond motifs is 3. The second kappa shape index (κ2) is 7.86. The van der Waals surface area contributed by atoms with Gasteiger partial charge in [-0.2, -0.15) is 4.52 Å². The average molecular weight is 416 g/mol. The topological polar surface area (TPSA) is 93.4 Å². The third kappa shape index (κ3) is 3.54. The number of benzene rings is 2. The first-order chi connectivity index (χ1) is 15.1. The monoisotopic (exact) mass is 416 g/mol. The Morgan fingerprint density at radius 1 is 1.16 bits per heavy atom. The molecule has 8 nitrogen and oxygen atoms in total. The van der Waals surface area contributed by atoms with E-state index in [0.717, 1.165) is 47.0 Å². The van der Waals surface area contributed by atoms with Crippen LogP contribution in [0.3, 0.4) is 0 Å². The predicted octanol–water partition coefficient (Wildman–Crippen LogP) is 3.34. The highest BCUT2D eigenvalue weighted by atomic mass is 16.5. The standard InChI is InChI=1S/C23H24N6O2/c1-14-7-5-11-17-19(14)21-27-20(15-8-6-9-16(13-15)31-2)28-29(21)23(25-17)26-18-10-3-4-12-24-22(18)30/h5-9,11,13,18H,3-4,10,12H2,1-2H3,(H,24,30)(H,25,26)/t18-/m1/s1. The van der Waals surface area contributed by atoms with E-state index in [1.54, 1.807) is 11.6 Å². The van der Waals surface area contributed by atoms with Crippen LogP contribution in [0.4, 0.5) is 5.95 Å². The maximum Gasteiger partial charge on any atom is 0.242 e. The zero-order chi connectivity index (χ0) is 21.4. The molecule has 4 aromatic rings. The second-order valence-corrected chi connectivity index (χ2v) is 7.79. The number of hydrogen-bond donors (Lipinski definition) is 2. The number of nitrogens with zero attached hydrogens (tertiary/aromatic N) is 4. The van der Waals surface area contributed by atoms with Crippen LogP contribution < -0.4 is 15.4 Å². The van der Waals surface area contributed by atoms with E-state index in [1.807, 2.05) is 49.4 Å². The second-order valence-electron chi connectivity index (χ2n) is 7.79. The van der Waals surface area contributed by atoms with Crippen molar-refractivity contribution in [2.24, 2.45) is 0 Å². The Kier molecular flexibility index (Phi) is 4.89. The van der Waals surface area contributed by atoms with Crippen LogP contribution in [0.2, 0.25) is 0 Å². The Labute approximate surface area is 179 Å². The van der Waals surface area contributed by atoms with Crippen molar-refractivity contribution in [1.82, 2.24) is 24.9 Å². The molecule has 1 aliphatic rings. The van der Waals surface area contributed by atoms with Crippen LogP contribution >= 0.6 is 0 Å². The van der Waals surface area contributed by atoms with Crippen molar-refractivity contribution in [3.63, 3.8) is 0 Å². The summed E-state index contributed by atoms with van der Waals surface area (Å²) in [5.41, 5.74) is 3.44. The number of nitrogens with one attached hydrogen (secondary N) is 2. The number of anilines is 1. The fourth-order valence-corrected chi connectivity index (χ4v) is 4.03. The molecular formula is C23H24N6O2. The number of ether oxygens (including phenoxy) is 1. The molecule has 2 aromatic heterocycles. The minimum atomic E-state index is -0.357. The highest BCUT2D eigenvalue weighted by molar-refractivity contribution is 5.96. The molecule has 0 unspecified atom stereocenters. The van der Waals surface area contributed by atoms with E-state index in [-0.39, 0.29) is 11.9 Å². The third-order valence-corrected chi connectivity index (χ3v) is 5.68. The summed E-state index contributed by atoms with van der Waals surface area (Å²) < 4.78 is 7.07. The van der Waals surface area contributed by atoms with Gasteiger partial charge >= 0.3 is 0 Å². The number of methoxy groups -OCH3 is 1. The highest BCUT2D eigenvalue weighted by Gasteiger charge is 2.23. The van der Waals surface area contributed by atoms with Crippen molar-refractivity contribution in [3.05, 3.63) is 48.0 Å². The lowest BCUT2D eigenvalue weighted by Crippen LogP contribution is -2.38. The lowest BCUT2D eigenvalue weighted by atomic mass is 10.1. The number of hydrogen-bond acceptors (Lipinski definition) is 6. The van der Waals surface area contributed by atoms with Crippen LogP contribution in [0.5, 0.6) is 5.75 Å². The normalized spacial score (nSPS) is 16.8. The molecule has 8 heteroatoms. The molecule has 1 atom stereocenters. The largest absolute Gasteiger partial charge is 0.497 e. The van der Waals surface area contributed by atoms with Gasteiger partial charge in [0.05, 0.1) is 12.6 Å². The van der Waals surface area contributed by atoms with Gasteiger partial charge in [-0.3, -0.25) is 4.79 Å². The van der Waals surface area contributed by atoms with Crippen molar-refractivity contribution in [3.8, 4) is 17.1 Å². The number of rotatable bonds is 4. The summed E-state index contributed by atoms with van der Waals surface area (Å²) in [4.78, 5) is 22.2. The molecule has 0 radical (unpaired) electrons. The molecule has 1 aliphatic heterocycles. The van der Waals surface area contributed by atoms with Gasteiger partial charge in [-0.1, -0.05) is 24.3 Å². The molecule has 0 spiro atoms. The summed E-state index contributed by atoms with van der Waals surface area (Å²) in [6.45, 7) is 2.75. The van der Waals surface area contributed by atoms with Crippen LogP contribution in [0.25, 0.3) is 27.9 Å². The molecular weight excluding hydrogens is 392 g/mol. The molecule has 1 fully saturated rings. The van der Waals surface area contributed by atoms with Crippen molar-refractivity contribution in [2.45, 2.75) is 32.2 Å². The van der Waals surface area contributed by atoms with Crippen molar-refractivity contribution >= 4 is 28.4 Å². The highest BCUT2D eigenvalue weighted by Crippen LogP contribution is 2.28. The summed E-state index contributed by atoms with van der Waals surface area (Å²) >= 11 is 0. The summed E-state index contributed by atoms with van der Waals surface area (Å²) in [6.07, 6.45) is 2.70. The van der Waals surface area contributed by atoms with Crippen LogP contribution in [-0.2, 0) is 4.79 Å². The number of carbonyl (C=O) groups is 1. The van der Waals surface area contributed by atoms with Crippen LogP contribution in [0.1, 0.15) is 24.8 Å². The number of amides is 1. The van der Waals surface area contributed by atoms with Gasteiger partial charge in [-0.05, 0) is 49.9 Å². The lowest BCUT2D eigenvalue weighted by molar-refractivity contribution is -0.121. The van der Waals surface area contributed by atoms with Gasteiger partial charge in [0.25, 0.3) is 0 Å². The lowest BCUT2D eigenvalue weighted by Gasteiger charge is -2.17. The summed E-state index contributed by atoms with van der Waals surface area (Å²) in [7, 11) is 1.64. The fourth-order valence-electron chi connectivity index (χ4n) is 4.03. The minimum Gasteiger partial charge on any atom is -0.497 e. The average Bonchev–Trinajstić information content (AvgIpc) is 3.14. The molecule has 5 rings (SSSR count). The van der Waals surface area contributed by atoms with Crippen LogP contribution in [0, 0.1) is 6.92 Å². The van der Waals surface area contributed by atoms with Gasteiger partial charge in [0, 0.05) is 17.5 Å². The molecule has 1 amide bonds. The summed E-state index contributed by atoms with van der Waals surface area (Å²) in [6, 6.07) is 13.3. The van der Waals surface area contributed by atoms with Crippen molar-refractivity contribution in [2.75, 3.05) is 19.0 Å². The quantitative estimate of drug-likeness (QED) is 0.530. The first-order valence-corrected chi connectivity index (χ1v) is 10.5. The van der Waals surface area contributed by atoms with Gasteiger partial charge in [-0.25, -0.2) is 9.97 Å².